The molecule has 66 valence electrons. The minimum absolute atomic E-state index is 0.577. The van der Waals surface area contributed by atoms with E-state index in [9.17, 15) is 4.79 Å². The maximum atomic E-state index is 10.6. The molecule has 1 aromatic heterocycles. The summed E-state index contributed by atoms with van der Waals surface area (Å²) in [6.07, 6.45) is 0.809. The van der Waals surface area contributed by atoms with Crippen LogP contribution < -0.4 is 0 Å². The van der Waals surface area contributed by atoms with Crippen molar-refractivity contribution >= 4 is 61.9 Å². The van der Waals surface area contributed by atoms with E-state index in [1.165, 1.54) is 11.3 Å². The average Bonchev–Trinajstić information content (AvgIpc) is 2.45. The molecule has 0 bridgehead atoms. The van der Waals surface area contributed by atoms with Crippen LogP contribution in [0.4, 0.5) is 0 Å². The third kappa shape index (κ3) is 1.49. The zero-order valence-electron chi connectivity index (χ0n) is 6.38. The number of thiophene rings is 1. The van der Waals surface area contributed by atoms with Crippen molar-refractivity contribution in [3.8, 4) is 0 Å². The minimum Gasteiger partial charge on any atom is -0.297 e. The maximum absolute atomic E-state index is 10.6. The van der Waals surface area contributed by atoms with Gasteiger partial charge in [-0.15, -0.1) is 11.3 Å². The second-order valence-electron chi connectivity index (χ2n) is 2.51. The molecule has 0 radical (unpaired) electrons. The molecule has 0 fully saturated rings. The third-order valence-corrected chi connectivity index (χ3v) is 4.69. The van der Waals surface area contributed by atoms with Crippen LogP contribution in [0.2, 0.25) is 5.02 Å². The van der Waals surface area contributed by atoms with Gasteiger partial charge in [-0.3, -0.25) is 4.79 Å². The van der Waals surface area contributed by atoms with E-state index in [-0.39, 0.29) is 0 Å². The van der Waals surface area contributed by atoms with Gasteiger partial charge in [0.15, 0.2) is 6.29 Å². The number of hydrogen-bond acceptors (Lipinski definition) is 2. The van der Waals surface area contributed by atoms with Crippen LogP contribution in [0.5, 0.6) is 0 Å². The lowest BCUT2D eigenvalue weighted by Gasteiger charge is -1.91. The molecule has 13 heavy (non-hydrogen) atoms. The number of fused-ring (bicyclic) bond motifs is 1. The first-order valence-electron chi connectivity index (χ1n) is 3.55. The molecule has 0 amide bonds. The molecule has 2 rings (SSSR count). The Kier molecular flexibility index (Phi) is 2.58. The maximum Gasteiger partial charge on any atom is 0.161 e. The van der Waals surface area contributed by atoms with Crippen LogP contribution in [0.25, 0.3) is 10.1 Å². The fourth-order valence-corrected chi connectivity index (χ4v) is 3.26. The highest BCUT2D eigenvalue weighted by Crippen LogP contribution is 2.36. The first kappa shape index (κ1) is 9.43. The molecular formula is C9H4ClIOS. The number of benzene rings is 1. The SMILES string of the molecule is O=Cc1sc2c(I)cccc2c1Cl. The molecule has 0 spiro atoms. The first-order chi connectivity index (χ1) is 6.24. The lowest BCUT2D eigenvalue weighted by Crippen LogP contribution is -1.70. The Labute approximate surface area is 97.8 Å². The lowest BCUT2D eigenvalue weighted by molar-refractivity contribution is 0.112. The van der Waals surface area contributed by atoms with E-state index >= 15 is 0 Å². The zero-order chi connectivity index (χ0) is 9.42. The van der Waals surface area contributed by atoms with Crippen LogP contribution in [0, 0.1) is 3.57 Å². The first-order valence-corrected chi connectivity index (χ1v) is 5.83. The number of carbonyl (C=O) groups excluding carboxylic acids is 1. The zero-order valence-corrected chi connectivity index (χ0v) is 10.1. The molecule has 0 N–H and O–H groups in total. The predicted molar refractivity (Wildman–Crippen MR) is 64.9 cm³/mol. The van der Waals surface area contributed by atoms with Crippen molar-refractivity contribution in [2.45, 2.75) is 0 Å². The summed E-state index contributed by atoms with van der Waals surface area (Å²) >= 11 is 9.69. The molecule has 1 heterocycles. The molecule has 0 aliphatic rings. The van der Waals surface area contributed by atoms with Crippen LogP contribution in [-0.2, 0) is 0 Å². The van der Waals surface area contributed by atoms with Gasteiger partial charge in [0, 0.05) is 13.7 Å². The van der Waals surface area contributed by atoms with Gasteiger partial charge in [-0.2, -0.15) is 0 Å². The molecule has 0 saturated carbocycles. The normalized spacial score (nSPS) is 10.6. The van der Waals surface area contributed by atoms with E-state index in [4.69, 9.17) is 11.6 Å². The summed E-state index contributed by atoms with van der Waals surface area (Å²) in [5.41, 5.74) is 0. The highest BCUT2D eigenvalue weighted by atomic mass is 127. The number of carbonyl (C=O) groups is 1. The van der Waals surface area contributed by atoms with Crippen molar-refractivity contribution in [1.29, 1.82) is 0 Å². The van der Waals surface area contributed by atoms with Crippen molar-refractivity contribution < 1.29 is 4.79 Å². The van der Waals surface area contributed by atoms with Crippen molar-refractivity contribution in [3.63, 3.8) is 0 Å². The molecule has 4 heteroatoms. The van der Waals surface area contributed by atoms with Crippen molar-refractivity contribution in [1.82, 2.24) is 0 Å². The summed E-state index contributed by atoms with van der Waals surface area (Å²) in [5, 5.41) is 1.55. The summed E-state index contributed by atoms with van der Waals surface area (Å²) in [6.45, 7) is 0. The van der Waals surface area contributed by atoms with E-state index in [0.29, 0.717) is 9.90 Å². The Hall–Kier alpha value is -0.130. The molecule has 0 unspecified atom stereocenters. The second-order valence-corrected chi connectivity index (χ2v) is 5.11. The number of aldehydes is 1. The molecule has 0 saturated heterocycles. The summed E-state index contributed by atoms with van der Waals surface area (Å²) < 4.78 is 2.23. The van der Waals surface area contributed by atoms with Gasteiger partial charge in [0.25, 0.3) is 0 Å². The number of halogens is 2. The summed E-state index contributed by atoms with van der Waals surface area (Å²) in [6, 6.07) is 5.88. The van der Waals surface area contributed by atoms with Gasteiger partial charge in [0.05, 0.1) is 9.90 Å². The second kappa shape index (κ2) is 3.55. The van der Waals surface area contributed by atoms with Crippen LogP contribution in [0.3, 0.4) is 0 Å². The smallest absolute Gasteiger partial charge is 0.161 e. The predicted octanol–water partition coefficient (Wildman–Crippen LogP) is 3.97. The fourth-order valence-electron chi connectivity index (χ4n) is 1.15. The molecular weight excluding hydrogens is 319 g/mol. The van der Waals surface area contributed by atoms with Gasteiger partial charge in [-0.25, -0.2) is 0 Å². The molecule has 2 aromatic rings. The van der Waals surface area contributed by atoms with Gasteiger partial charge in [-0.05, 0) is 28.7 Å². The Morgan fingerprint density at radius 3 is 2.85 bits per heavy atom. The van der Waals surface area contributed by atoms with E-state index in [2.05, 4.69) is 22.6 Å². The van der Waals surface area contributed by atoms with E-state index in [1.54, 1.807) is 0 Å². The molecule has 0 atom stereocenters. The quantitative estimate of drug-likeness (QED) is 0.573. The van der Waals surface area contributed by atoms with Crippen LogP contribution in [0.1, 0.15) is 9.67 Å². The Balaban J connectivity index is 2.91. The summed E-state index contributed by atoms with van der Waals surface area (Å²) in [7, 11) is 0. The van der Waals surface area contributed by atoms with Gasteiger partial charge in [0.2, 0.25) is 0 Å². The molecule has 0 aliphatic heterocycles. The van der Waals surface area contributed by atoms with E-state index in [1.807, 2.05) is 18.2 Å². The largest absolute Gasteiger partial charge is 0.297 e. The third-order valence-electron chi connectivity index (χ3n) is 1.74. The van der Waals surface area contributed by atoms with Gasteiger partial charge < -0.3 is 0 Å². The van der Waals surface area contributed by atoms with Gasteiger partial charge >= 0.3 is 0 Å². The van der Waals surface area contributed by atoms with Gasteiger partial charge in [-0.1, -0.05) is 23.7 Å². The van der Waals surface area contributed by atoms with E-state index < -0.39 is 0 Å². The van der Waals surface area contributed by atoms with Crippen molar-refractivity contribution in [2.24, 2.45) is 0 Å². The monoisotopic (exact) mass is 322 g/mol. The Bertz CT molecular complexity index is 478. The molecule has 1 nitrogen and oxygen atoms in total. The topological polar surface area (TPSA) is 17.1 Å². The highest BCUT2D eigenvalue weighted by molar-refractivity contribution is 14.1. The lowest BCUT2D eigenvalue weighted by atomic mass is 10.2. The molecule has 0 aliphatic carbocycles. The Morgan fingerprint density at radius 2 is 2.23 bits per heavy atom. The van der Waals surface area contributed by atoms with Crippen LogP contribution in [-0.4, -0.2) is 6.29 Å². The number of hydrogen-bond donors (Lipinski definition) is 0. The van der Waals surface area contributed by atoms with Crippen LogP contribution in [0.15, 0.2) is 18.2 Å². The standard InChI is InChI=1S/C9H4ClIOS/c10-8-5-2-1-3-6(11)9(5)13-7(8)4-12/h1-4H. The van der Waals surface area contributed by atoms with Crippen LogP contribution >= 0.6 is 45.5 Å². The van der Waals surface area contributed by atoms with Crippen molar-refractivity contribution in [3.05, 3.63) is 31.7 Å². The van der Waals surface area contributed by atoms with Crippen molar-refractivity contribution in [2.75, 3.05) is 0 Å². The van der Waals surface area contributed by atoms with Gasteiger partial charge in [0.1, 0.15) is 0 Å². The van der Waals surface area contributed by atoms with E-state index in [0.717, 1.165) is 19.9 Å². The minimum atomic E-state index is 0.577. The Morgan fingerprint density at radius 1 is 1.46 bits per heavy atom. The molecule has 1 aromatic carbocycles. The fraction of sp³-hybridized carbons (Fsp3) is 0. The summed E-state index contributed by atoms with van der Waals surface area (Å²) in [4.78, 5) is 11.2. The highest BCUT2D eigenvalue weighted by Gasteiger charge is 2.10. The average molecular weight is 323 g/mol. The summed E-state index contributed by atoms with van der Waals surface area (Å²) in [5.74, 6) is 0. The number of rotatable bonds is 1.